The summed E-state index contributed by atoms with van der Waals surface area (Å²) in [5.41, 5.74) is 1.24. The highest BCUT2D eigenvalue weighted by molar-refractivity contribution is 6.31. The van der Waals surface area contributed by atoms with Gasteiger partial charge in [0.15, 0.2) is 0 Å². The molecule has 0 spiro atoms. The Balaban J connectivity index is 2.53. The molecule has 0 heterocycles. The van der Waals surface area contributed by atoms with E-state index in [0.717, 1.165) is 17.4 Å². The minimum absolute atomic E-state index is 0.530. The molecule has 0 radical (unpaired) electrons. The van der Waals surface area contributed by atoms with Crippen molar-refractivity contribution >= 4 is 11.6 Å². The Morgan fingerprint density at radius 1 is 1.19 bits per heavy atom. The summed E-state index contributed by atoms with van der Waals surface area (Å²) < 4.78 is 0. The molecular weight excluding hydrogens is 218 g/mol. The first-order valence-electron chi connectivity index (χ1n) is 6.04. The van der Waals surface area contributed by atoms with Crippen LogP contribution < -0.4 is 5.32 Å². The lowest BCUT2D eigenvalue weighted by Gasteiger charge is -2.18. The molecule has 1 aromatic rings. The van der Waals surface area contributed by atoms with E-state index < -0.39 is 0 Å². The first-order valence-corrected chi connectivity index (χ1v) is 6.42. The van der Waals surface area contributed by atoms with Gasteiger partial charge in [0.2, 0.25) is 0 Å². The Kier molecular flexibility index (Phi) is 5.86. The smallest absolute Gasteiger partial charge is 0.0438 e. The molecular formula is C14H22ClN. The zero-order chi connectivity index (χ0) is 12.0. The zero-order valence-corrected chi connectivity index (χ0v) is 11.2. The molecule has 0 saturated carbocycles. The molecule has 1 N–H and O–H groups in total. The van der Waals surface area contributed by atoms with Gasteiger partial charge in [-0.15, -0.1) is 0 Å². The minimum atomic E-state index is 0.530. The fourth-order valence-corrected chi connectivity index (χ4v) is 2.03. The normalized spacial score (nSPS) is 13.1. The summed E-state index contributed by atoms with van der Waals surface area (Å²) in [5, 5.41) is 4.26. The van der Waals surface area contributed by atoms with Gasteiger partial charge in [0.1, 0.15) is 0 Å². The van der Waals surface area contributed by atoms with E-state index in [0.29, 0.717) is 6.04 Å². The lowest BCUT2D eigenvalue weighted by molar-refractivity contribution is 0.451. The molecule has 0 aliphatic heterocycles. The van der Waals surface area contributed by atoms with Crippen LogP contribution in [-0.2, 0) is 6.42 Å². The third kappa shape index (κ3) is 4.54. The molecule has 0 aliphatic carbocycles. The van der Waals surface area contributed by atoms with Crippen LogP contribution in [0.2, 0.25) is 5.02 Å². The van der Waals surface area contributed by atoms with Crippen molar-refractivity contribution < 1.29 is 0 Å². The average Bonchev–Trinajstić information content (AvgIpc) is 2.26. The van der Waals surface area contributed by atoms with Crippen molar-refractivity contribution in [3.63, 3.8) is 0 Å². The molecule has 0 fully saturated rings. The number of benzene rings is 1. The largest absolute Gasteiger partial charge is 0.317 e. The number of hydrogen-bond acceptors (Lipinski definition) is 1. The van der Waals surface area contributed by atoms with E-state index in [2.05, 4.69) is 31.3 Å². The summed E-state index contributed by atoms with van der Waals surface area (Å²) in [7, 11) is 2.03. The molecule has 16 heavy (non-hydrogen) atoms. The summed E-state index contributed by atoms with van der Waals surface area (Å²) >= 11 is 6.16. The van der Waals surface area contributed by atoms with E-state index in [9.17, 15) is 0 Å². The van der Waals surface area contributed by atoms with Crippen molar-refractivity contribution in [3.8, 4) is 0 Å². The molecule has 1 aromatic carbocycles. The molecule has 0 amide bonds. The third-order valence-electron chi connectivity index (χ3n) is 2.92. The Morgan fingerprint density at radius 3 is 2.44 bits per heavy atom. The van der Waals surface area contributed by atoms with Crippen LogP contribution in [0.25, 0.3) is 0 Å². The van der Waals surface area contributed by atoms with E-state index in [-0.39, 0.29) is 0 Å². The van der Waals surface area contributed by atoms with Crippen LogP contribution in [0, 0.1) is 5.92 Å². The van der Waals surface area contributed by atoms with Gasteiger partial charge in [-0.3, -0.25) is 0 Å². The molecule has 90 valence electrons. The Morgan fingerprint density at radius 2 is 1.88 bits per heavy atom. The van der Waals surface area contributed by atoms with Gasteiger partial charge < -0.3 is 5.32 Å². The molecule has 2 heteroatoms. The highest BCUT2D eigenvalue weighted by atomic mass is 35.5. The second-order valence-corrected chi connectivity index (χ2v) is 5.16. The van der Waals surface area contributed by atoms with E-state index in [4.69, 9.17) is 11.6 Å². The molecule has 0 aromatic heterocycles. The third-order valence-corrected chi connectivity index (χ3v) is 3.29. The molecule has 0 saturated heterocycles. The van der Waals surface area contributed by atoms with Crippen LogP contribution in [0.5, 0.6) is 0 Å². The van der Waals surface area contributed by atoms with E-state index >= 15 is 0 Å². The van der Waals surface area contributed by atoms with Gasteiger partial charge in [0.05, 0.1) is 0 Å². The number of nitrogens with one attached hydrogen (secondary N) is 1. The van der Waals surface area contributed by atoms with Crippen LogP contribution in [0.15, 0.2) is 24.3 Å². The lowest BCUT2D eigenvalue weighted by Crippen LogP contribution is -2.28. The molecule has 1 nitrogen and oxygen atoms in total. The fourth-order valence-electron chi connectivity index (χ4n) is 1.81. The second-order valence-electron chi connectivity index (χ2n) is 4.75. The number of likely N-dealkylation sites (N-methyl/N-ethyl adjacent to an activating group) is 1. The summed E-state index contributed by atoms with van der Waals surface area (Å²) in [5.74, 6) is 0.766. The molecule has 1 atom stereocenters. The first-order chi connectivity index (χ1) is 7.63. The summed E-state index contributed by atoms with van der Waals surface area (Å²) in [6, 6.07) is 8.64. The van der Waals surface area contributed by atoms with Crippen LogP contribution >= 0.6 is 11.6 Å². The van der Waals surface area contributed by atoms with Crippen LogP contribution in [0.1, 0.15) is 32.3 Å². The monoisotopic (exact) mass is 239 g/mol. The molecule has 0 aliphatic rings. The van der Waals surface area contributed by atoms with E-state index in [1.165, 1.54) is 18.4 Å². The standard InChI is InChI=1S/C14H22ClN/c1-11(2)8-9-13(16-3)10-12-6-4-5-7-14(12)15/h4-7,11,13,16H,8-10H2,1-3H3. The van der Waals surface area contributed by atoms with Crippen LogP contribution in [0.3, 0.4) is 0 Å². The quantitative estimate of drug-likeness (QED) is 0.794. The SMILES string of the molecule is CNC(CCC(C)C)Cc1ccccc1Cl. The maximum absolute atomic E-state index is 6.16. The van der Waals surface area contributed by atoms with Gasteiger partial charge in [-0.05, 0) is 43.9 Å². The molecule has 1 unspecified atom stereocenters. The van der Waals surface area contributed by atoms with Crippen molar-refractivity contribution in [1.29, 1.82) is 0 Å². The maximum atomic E-state index is 6.16. The molecule has 1 rings (SSSR count). The van der Waals surface area contributed by atoms with Crippen molar-refractivity contribution in [2.45, 2.75) is 39.2 Å². The van der Waals surface area contributed by atoms with Crippen molar-refractivity contribution in [2.75, 3.05) is 7.05 Å². The van der Waals surface area contributed by atoms with Gasteiger partial charge in [-0.25, -0.2) is 0 Å². The van der Waals surface area contributed by atoms with Gasteiger partial charge >= 0.3 is 0 Å². The Bertz CT molecular complexity index is 309. The fraction of sp³-hybridized carbons (Fsp3) is 0.571. The zero-order valence-electron chi connectivity index (χ0n) is 10.5. The van der Waals surface area contributed by atoms with Crippen LogP contribution in [-0.4, -0.2) is 13.1 Å². The number of halogens is 1. The minimum Gasteiger partial charge on any atom is -0.317 e. The van der Waals surface area contributed by atoms with Crippen molar-refractivity contribution in [1.82, 2.24) is 5.32 Å². The van der Waals surface area contributed by atoms with E-state index in [1.807, 2.05) is 19.2 Å². The summed E-state index contributed by atoms with van der Waals surface area (Å²) in [6.07, 6.45) is 3.48. The highest BCUT2D eigenvalue weighted by Gasteiger charge is 2.10. The van der Waals surface area contributed by atoms with Gasteiger partial charge in [-0.1, -0.05) is 43.6 Å². The predicted octanol–water partition coefficient (Wildman–Crippen LogP) is 3.91. The van der Waals surface area contributed by atoms with Gasteiger partial charge in [-0.2, -0.15) is 0 Å². The lowest BCUT2D eigenvalue weighted by atomic mass is 9.98. The summed E-state index contributed by atoms with van der Waals surface area (Å²) in [4.78, 5) is 0. The first kappa shape index (κ1) is 13.5. The van der Waals surface area contributed by atoms with Gasteiger partial charge in [0, 0.05) is 11.1 Å². The van der Waals surface area contributed by atoms with E-state index in [1.54, 1.807) is 0 Å². The second kappa shape index (κ2) is 6.93. The highest BCUT2D eigenvalue weighted by Crippen LogP contribution is 2.18. The average molecular weight is 240 g/mol. The summed E-state index contributed by atoms with van der Waals surface area (Å²) in [6.45, 7) is 4.53. The Labute approximate surface area is 104 Å². The number of rotatable bonds is 6. The van der Waals surface area contributed by atoms with Gasteiger partial charge in [0.25, 0.3) is 0 Å². The topological polar surface area (TPSA) is 12.0 Å². The molecule has 0 bridgehead atoms. The Hall–Kier alpha value is -0.530. The maximum Gasteiger partial charge on any atom is 0.0438 e. The van der Waals surface area contributed by atoms with Crippen molar-refractivity contribution in [3.05, 3.63) is 34.9 Å². The number of hydrogen-bond donors (Lipinski definition) is 1. The predicted molar refractivity (Wildman–Crippen MR) is 72.1 cm³/mol. The van der Waals surface area contributed by atoms with Crippen molar-refractivity contribution in [2.24, 2.45) is 5.92 Å². The van der Waals surface area contributed by atoms with Crippen LogP contribution in [0.4, 0.5) is 0 Å².